The maximum atomic E-state index is 10.8. The molecule has 98 valence electrons. The summed E-state index contributed by atoms with van der Waals surface area (Å²) in [6.07, 6.45) is 0.364. The SMILES string of the molecule is CC1CN(c2ccc([N+](=O)[O-])c(I)c2)CC(C)O1. The number of halogens is 1. The van der Waals surface area contributed by atoms with Gasteiger partial charge in [0, 0.05) is 24.8 Å². The largest absolute Gasteiger partial charge is 0.372 e. The Morgan fingerprint density at radius 3 is 2.50 bits per heavy atom. The van der Waals surface area contributed by atoms with Crippen molar-refractivity contribution in [2.24, 2.45) is 0 Å². The fraction of sp³-hybridized carbons (Fsp3) is 0.500. The second-order valence-corrected chi connectivity index (χ2v) is 5.72. The van der Waals surface area contributed by atoms with Crippen molar-refractivity contribution in [2.75, 3.05) is 18.0 Å². The lowest BCUT2D eigenvalue weighted by Gasteiger charge is -2.36. The molecular formula is C12H15IN2O3. The molecule has 1 heterocycles. The van der Waals surface area contributed by atoms with Crippen LogP contribution in [-0.2, 0) is 4.74 Å². The Morgan fingerprint density at radius 1 is 1.39 bits per heavy atom. The van der Waals surface area contributed by atoms with Gasteiger partial charge in [-0.3, -0.25) is 10.1 Å². The molecule has 0 N–H and O–H groups in total. The van der Waals surface area contributed by atoms with Gasteiger partial charge in [0.25, 0.3) is 5.69 Å². The zero-order chi connectivity index (χ0) is 13.3. The van der Waals surface area contributed by atoms with Crippen LogP contribution >= 0.6 is 22.6 Å². The fourth-order valence-corrected chi connectivity index (χ4v) is 2.93. The minimum Gasteiger partial charge on any atom is -0.372 e. The Hall–Kier alpha value is -0.890. The highest BCUT2D eigenvalue weighted by Gasteiger charge is 2.23. The van der Waals surface area contributed by atoms with Crippen LogP contribution < -0.4 is 4.90 Å². The van der Waals surface area contributed by atoms with E-state index in [0.717, 1.165) is 18.8 Å². The molecule has 0 aromatic heterocycles. The molecule has 6 heteroatoms. The molecule has 1 fully saturated rings. The zero-order valence-corrected chi connectivity index (χ0v) is 12.5. The van der Waals surface area contributed by atoms with E-state index in [-0.39, 0.29) is 22.8 Å². The zero-order valence-electron chi connectivity index (χ0n) is 10.3. The Morgan fingerprint density at radius 2 is 2.00 bits per heavy atom. The van der Waals surface area contributed by atoms with E-state index in [4.69, 9.17) is 4.74 Å². The molecule has 2 atom stereocenters. The lowest BCUT2D eigenvalue weighted by molar-refractivity contribution is -0.385. The van der Waals surface area contributed by atoms with Gasteiger partial charge in [-0.25, -0.2) is 0 Å². The summed E-state index contributed by atoms with van der Waals surface area (Å²) < 4.78 is 6.35. The maximum absolute atomic E-state index is 10.8. The summed E-state index contributed by atoms with van der Waals surface area (Å²) in [6, 6.07) is 5.25. The van der Waals surface area contributed by atoms with Crippen LogP contribution in [0.4, 0.5) is 11.4 Å². The van der Waals surface area contributed by atoms with Gasteiger partial charge in [0.2, 0.25) is 0 Å². The first kappa shape index (κ1) is 13.5. The Kier molecular flexibility index (Phi) is 4.06. The minimum absolute atomic E-state index is 0.161. The van der Waals surface area contributed by atoms with Gasteiger partial charge in [-0.1, -0.05) is 0 Å². The van der Waals surface area contributed by atoms with Crippen LogP contribution in [0.15, 0.2) is 18.2 Å². The van der Waals surface area contributed by atoms with Crippen molar-refractivity contribution in [3.8, 4) is 0 Å². The fourth-order valence-electron chi connectivity index (χ4n) is 2.23. The number of nitro groups is 1. The molecule has 2 unspecified atom stereocenters. The number of ether oxygens (including phenoxy) is 1. The van der Waals surface area contributed by atoms with Gasteiger partial charge in [0.15, 0.2) is 0 Å². The molecule has 1 aliphatic rings. The van der Waals surface area contributed by atoms with Crippen molar-refractivity contribution >= 4 is 34.0 Å². The van der Waals surface area contributed by atoms with Gasteiger partial charge in [0.1, 0.15) is 0 Å². The molecule has 1 aliphatic heterocycles. The van der Waals surface area contributed by atoms with Crippen molar-refractivity contribution in [2.45, 2.75) is 26.1 Å². The Labute approximate surface area is 119 Å². The standard InChI is InChI=1S/C12H15IN2O3/c1-8-6-14(7-9(2)18-8)10-3-4-12(15(16)17)11(13)5-10/h3-5,8-9H,6-7H2,1-2H3. The Balaban J connectivity index is 2.23. The smallest absolute Gasteiger partial charge is 0.282 e. The maximum Gasteiger partial charge on any atom is 0.282 e. The van der Waals surface area contributed by atoms with Crippen LogP contribution in [0.2, 0.25) is 0 Å². The lowest BCUT2D eigenvalue weighted by atomic mass is 10.2. The van der Waals surface area contributed by atoms with Crippen LogP contribution in [-0.4, -0.2) is 30.2 Å². The van der Waals surface area contributed by atoms with Crippen LogP contribution in [0.5, 0.6) is 0 Å². The summed E-state index contributed by atoms with van der Waals surface area (Å²) in [5.74, 6) is 0. The molecule has 0 aliphatic carbocycles. The quantitative estimate of drug-likeness (QED) is 0.461. The van der Waals surface area contributed by atoms with E-state index in [9.17, 15) is 10.1 Å². The molecule has 1 aromatic carbocycles. The second-order valence-electron chi connectivity index (χ2n) is 4.56. The van der Waals surface area contributed by atoms with Crippen LogP contribution in [0.1, 0.15) is 13.8 Å². The first-order valence-corrected chi connectivity index (χ1v) is 6.89. The number of benzene rings is 1. The normalized spacial score (nSPS) is 24.1. The van der Waals surface area contributed by atoms with Crippen LogP contribution in [0.25, 0.3) is 0 Å². The van der Waals surface area contributed by atoms with Crippen LogP contribution in [0.3, 0.4) is 0 Å². The molecule has 0 spiro atoms. The molecule has 1 saturated heterocycles. The highest BCUT2D eigenvalue weighted by molar-refractivity contribution is 14.1. The average Bonchev–Trinajstić information content (AvgIpc) is 2.26. The molecule has 0 amide bonds. The van der Waals surface area contributed by atoms with Gasteiger partial charge in [-0.15, -0.1) is 0 Å². The molecule has 1 aromatic rings. The highest BCUT2D eigenvalue weighted by Crippen LogP contribution is 2.28. The lowest BCUT2D eigenvalue weighted by Crippen LogP contribution is -2.45. The van der Waals surface area contributed by atoms with Gasteiger partial charge < -0.3 is 9.64 Å². The van der Waals surface area contributed by atoms with Gasteiger partial charge in [-0.05, 0) is 48.6 Å². The van der Waals surface area contributed by atoms with Crippen molar-refractivity contribution in [1.29, 1.82) is 0 Å². The van der Waals surface area contributed by atoms with Crippen molar-refractivity contribution in [3.63, 3.8) is 0 Å². The number of hydrogen-bond donors (Lipinski definition) is 0. The van der Waals surface area contributed by atoms with Gasteiger partial charge >= 0.3 is 0 Å². The molecule has 0 saturated carbocycles. The number of anilines is 1. The first-order chi connectivity index (χ1) is 8.47. The van der Waals surface area contributed by atoms with Crippen molar-refractivity contribution in [1.82, 2.24) is 0 Å². The van der Waals surface area contributed by atoms with Crippen molar-refractivity contribution in [3.05, 3.63) is 31.9 Å². The predicted octanol–water partition coefficient (Wildman–Crippen LogP) is 2.81. The third kappa shape index (κ3) is 2.92. The van der Waals surface area contributed by atoms with E-state index in [1.165, 1.54) is 0 Å². The van der Waals surface area contributed by atoms with E-state index in [0.29, 0.717) is 3.57 Å². The molecule has 0 bridgehead atoms. The number of nitrogens with zero attached hydrogens (tertiary/aromatic N) is 2. The summed E-state index contributed by atoms with van der Waals surface area (Å²) in [5.41, 5.74) is 1.18. The van der Waals surface area contributed by atoms with Crippen LogP contribution in [0, 0.1) is 13.7 Å². The molecule has 5 nitrogen and oxygen atoms in total. The summed E-state index contributed by atoms with van der Waals surface area (Å²) >= 11 is 2.01. The number of morpholine rings is 1. The summed E-state index contributed by atoms with van der Waals surface area (Å²) in [6.45, 7) is 5.72. The van der Waals surface area contributed by atoms with Gasteiger partial charge in [-0.2, -0.15) is 0 Å². The second kappa shape index (κ2) is 5.40. The summed E-state index contributed by atoms with van der Waals surface area (Å²) in [5, 5.41) is 10.8. The average molecular weight is 362 g/mol. The predicted molar refractivity (Wildman–Crippen MR) is 78.0 cm³/mol. The minimum atomic E-state index is -0.351. The first-order valence-electron chi connectivity index (χ1n) is 5.81. The van der Waals surface area contributed by atoms with Gasteiger partial charge in [0.05, 0.1) is 20.7 Å². The summed E-state index contributed by atoms with van der Waals surface area (Å²) in [7, 11) is 0. The van der Waals surface area contributed by atoms with E-state index in [1.807, 2.05) is 48.6 Å². The highest BCUT2D eigenvalue weighted by atomic mass is 127. The third-order valence-corrected chi connectivity index (χ3v) is 3.78. The summed E-state index contributed by atoms with van der Waals surface area (Å²) in [4.78, 5) is 12.6. The monoisotopic (exact) mass is 362 g/mol. The topological polar surface area (TPSA) is 55.6 Å². The molecule has 2 rings (SSSR count). The van der Waals surface area contributed by atoms with E-state index >= 15 is 0 Å². The molecular weight excluding hydrogens is 347 g/mol. The van der Waals surface area contributed by atoms with Crippen molar-refractivity contribution < 1.29 is 9.66 Å². The van der Waals surface area contributed by atoms with E-state index in [2.05, 4.69) is 4.90 Å². The molecule has 18 heavy (non-hydrogen) atoms. The number of rotatable bonds is 2. The van der Waals surface area contributed by atoms with E-state index in [1.54, 1.807) is 6.07 Å². The Bertz CT molecular complexity index is 457. The number of nitro benzene ring substituents is 1. The molecule has 0 radical (unpaired) electrons. The third-order valence-electron chi connectivity index (χ3n) is 2.91. The van der Waals surface area contributed by atoms with E-state index < -0.39 is 0 Å². The number of hydrogen-bond acceptors (Lipinski definition) is 4.